The lowest BCUT2D eigenvalue weighted by Crippen LogP contribution is -2.10. The third-order valence-electron chi connectivity index (χ3n) is 5.69. The summed E-state index contributed by atoms with van der Waals surface area (Å²) in [6.45, 7) is 2.30. The molecule has 0 spiro atoms. The fourth-order valence-corrected chi connectivity index (χ4v) is 3.76. The molecule has 22 heavy (non-hydrogen) atoms. The minimum atomic E-state index is 1.13. The van der Waals surface area contributed by atoms with E-state index in [0.29, 0.717) is 0 Å². The van der Waals surface area contributed by atoms with Crippen LogP contribution in [0, 0.1) is 5.92 Å². The summed E-state index contributed by atoms with van der Waals surface area (Å²) < 4.78 is 0. The first-order chi connectivity index (χ1) is 10.9. The molecule has 132 valence electrons. The summed E-state index contributed by atoms with van der Waals surface area (Å²) in [5.74, 6) is 1.13. The van der Waals surface area contributed by atoms with Crippen LogP contribution in [0.3, 0.4) is 0 Å². The summed E-state index contributed by atoms with van der Waals surface area (Å²) in [4.78, 5) is 0. The van der Waals surface area contributed by atoms with Gasteiger partial charge in [0, 0.05) is 0 Å². The Kier molecular flexibility index (Phi) is 14.5. The minimum Gasteiger partial charge on any atom is -0.0654 e. The van der Waals surface area contributed by atoms with Gasteiger partial charge in [0.15, 0.2) is 0 Å². The molecule has 0 nitrogen and oxygen atoms in total. The first-order valence-corrected chi connectivity index (χ1v) is 10.9. The SMILES string of the molecule is CCCCCCCCCCCCCCCCCCC1CCC1. The Morgan fingerprint density at radius 3 is 1.18 bits per heavy atom. The minimum absolute atomic E-state index is 1.13. The quantitative estimate of drug-likeness (QED) is 0.236. The van der Waals surface area contributed by atoms with E-state index in [-0.39, 0.29) is 0 Å². The molecule has 1 fully saturated rings. The van der Waals surface area contributed by atoms with Crippen LogP contribution in [0.2, 0.25) is 0 Å². The lowest BCUT2D eigenvalue weighted by atomic mass is 9.81. The summed E-state index contributed by atoms with van der Waals surface area (Å²) in [5.41, 5.74) is 0. The maximum absolute atomic E-state index is 2.30. The summed E-state index contributed by atoms with van der Waals surface area (Å²) in [7, 11) is 0. The summed E-state index contributed by atoms with van der Waals surface area (Å²) >= 11 is 0. The zero-order chi connectivity index (χ0) is 15.7. The molecule has 1 saturated carbocycles. The molecular formula is C22H44. The zero-order valence-electron chi connectivity index (χ0n) is 15.7. The predicted octanol–water partition coefficient (Wildman–Crippen LogP) is 8.44. The summed E-state index contributed by atoms with van der Waals surface area (Å²) in [6, 6.07) is 0. The van der Waals surface area contributed by atoms with Crippen molar-refractivity contribution in [2.75, 3.05) is 0 Å². The standard InChI is InChI=1S/C22H44/c1-2-3-4-5-6-7-8-9-10-11-12-13-14-15-16-17-19-22-20-18-21-22/h22H,2-21H2,1H3. The van der Waals surface area contributed by atoms with Gasteiger partial charge in [-0.1, -0.05) is 135 Å². The molecule has 0 atom stereocenters. The van der Waals surface area contributed by atoms with Crippen molar-refractivity contribution in [1.82, 2.24) is 0 Å². The van der Waals surface area contributed by atoms with E-state index in [1.165, 1.54) is 109 Å². The van der Waals surface area contributed by atoms with Crippen molar-refractivity contribution in [2.24, 2.45) is 5.92 Å². The average molecular weight is 309 g/mol. The number of hydrogen-bond acceptors (Lipinski definition) is 0. The van der Waals surface area contributed by atoms with Crippen LogP contribution in [-0.2, 0) is 0 Å². The third kappa shape index (κ3) is 12.5. The van der Waals surface area contributed by atoms with E-state index < -0.39 is 0 Å². The molecule has 1 aliphatic carbocycles. The molecular weight excluding hydrogens is 264 g/mol. The van der Waals surface area contributed by atoms with Crippen LogP contribution < -0.4 is 0 Å². The van der Waals surface area contributed by atoms with Crippen molar-refractivity contribution >= 4 is 0 Å². The molecule has 0 heteroatoms. The molecule has 0 saturated heterocycles. The van der Waals surface area contributed by atoms with Crippen LogP contribution in [0.4, 0.5) is 0 Å². The van der Waals surface area contributed by atoms with Crippen LogP contribution in [0.25, 0.3) is 0 Å². The monoisotopic (exact) mass is 308 g/mol. The van der Waals surface area contributed by atoms with Crippen molar-refractivity contribution in [3.63, 3.8) is 0 Å². The van der Waals surface area contributed by atoms with Crippen molar-refractivity contribution < 1.29 is 0 Å². The fraction of sp³-hybridized carbons (Fsp3) is 1.00. The Morgan fingerprint density at radius 2 is 0.864 bits per heavy atom. The van der Waals surface area contributed by atoms with Gasteiger partial charge in [0.1, 0.15) is 0 Å². The molecule has 0 unspecified atom stereocenters. The highest BCUT2D eigenvalue weighted by Gasteiger charge is 2.15. The predicted molar refractivity (Wildman–Crippen MR) is 102 cm³/mol. The van der Waals surface area contributed by atoms with E-state index in [2.05, 4.69) is 6.92 Å². The Labute approximate surface area is 141 Å². The van der Waals surface area contributed by atoms with Gasteiger partial charge in [0.2, 0.25) is 0 Å². The van der Waals surface area contributed by atoms with Gasteiger partial charge in [-0.15, -0.1) is 0 Å². The Balaban J connectivity index is 1.61. The van der Waals surface area contributed by atoms with Gasteiger partial charge >= 0.3 is 0 Å². The molecule has 0 aromatic heterocycles. The van der Waals surface area contributed by atoms with Crippen molar-refractivity contribution in [3.8, 4) is 0 Å². The van der Waals surface area contributed by atoms with Gasteiger partial charge in [-0.3, -0.25) is 0 Å². The Hall–Kier alpha value is 0. The second-order valence-electron chi connectivity index (χ2n) is 7.89. The molecule has 1 aliphatic rings. The van der Waals surface area contributed by atoms with Gasteiger partial charge in [0.05, 0.1) is 0 Å². The highest BCUT2D eigenvalue weighted by atomic mass is 14.2. The van der Waals surface area contributed by atoms with E-state index in [9.17, 15) is 0 Å². The molecule has 0 aliphatic heterocycles. The first-order valence-electron chi connectivity index (χ1n) is 10.9. The van der Waals surface area contributed by atoms with Gasteiger partial charge in [-0.2, -0.15) is 0 Å². The Bertz CT molecular complexity index is 204. The fourth-order valence-electron chi connectivity index (χ4n) is 3.76. The highest BCUT2D eigenvalue weighted by molar-refractivity contribution is 4.69. The maximum atomic E-state index is 2.30. The molecule has 0 aromatic rings. The molecule has 0 radical (unpaired) electrons. The van der Waals surface area contributed by atoms with Crippen LogP contribution in [0.15, 0.2) is 0 Å². The van der Waals surface area contributed by atoms with Gasteiger partial charge < -0.3 is 0 Å². The lowest BCUT2D eigenvalue weighted by molar-refractivity contribution is 0.286. The van der Waals surface area contributed by atoms with Gasteiger partial charge in [0.25, 0.3) is 0 Å². The van der Waals surface area contributed by atoms with Crippen LogP contribution >= 0.6 is 0 Å². The average Bonchev–Trinajstić information content (AvgIpc) is 2.48. The molecule has 0 amide bonds. The maximum Gasteiger partial charge on any atom is -0.0414 e. The molecule has 0 N–H and O–H groups in total. The Morgan fingerprint density at radius 1 is 0.500 bits per heavy atom. The van der Waals surface area contributed by atoms with E-state index in [0.717, 1.165) is 5.92 Å². The van der Waals surface area contributed by atoms with Crippen LogP contribution in [0.1, 0.15) is 135 Å². The molecule has 0 aromatic carbocycles. The van der Waals surface area contributed by atoms with E-state index in [4.69, 9.17) is 0 Å². The largest absolute Gasteiger partial charge is 0.0654 e. The second kappa shape index (κ2) is 15.9. The van der Waals surface area contributed by atoms with E-state index in [1.54, 1.807) is 19.3 Å². The topological polar surface area (TPSA) is 0 Å². The number of hydrogen-bond donors (Lipinski definition) is 0. The first kappa shape index (κ1) is 20.0. The lowest BCUT2D eigenvalue weighted by Gasteiger charge is -2.24. The van der Waals surface area contributed by atoms with Crippen molar-refractivity contribution in [3.05, 3.63) is 0 Å². The van der Waals surface area contributed by atoms with E-state index >= 15 is 0 Å². The third-order valence-corrected chi connectivity index (χ3v) is 5.69. The highest BCUT2D eigenvalue weighted by Crippen LogP contribution is 2.31. The van der Waals surface area contributed by atoms with Gasteiger partial charge in [-0.05, 0) is 5.92 Å². The number of rotatable bonds is 17. The zero-order valence-corrected chi connectivity index (χ0v) is 15.7. The molecule has 0 heterocycles. The van der Waals surface area contributed by atoms with Crippen molar-refractivity contribution in [1.29, 1.82) is 0 Å². The summed E-state index contributed by atoms with van der Waals surface area (Å²) in [6.07, 6.45) is 29.9. The van der Waals surface area contributed by atoms with Crippen LogP contribution in [-0.4, -0.2) is 0 Å². The smallest absolute Gasteiger partial charge is 0.0414 e. The molecule has 0 bridgehead atoms. The summed E-state index contributed by atoms with van der Waals surface area (Å²) in [5, 5.41) is 0. The van der Waals surface area contributed by atoms with Gasteiger partial charge in [-0.25, -0.2) is 0 Å². The normalized spacial score (nSPS) is 15.1. The number of unbranched alkanes of at least 4 members (excludes halogenated alkanes) is 15. The van der Waals surface area contributed by atoms with Crippen LogP contribution in [0.5, 0.6) is 0 Å². The van der Waals surface area contributed by atoms with E-state index in [1.807, 2.05) is 0 Å². The molecule has 1 rings (SSSR count). The van der Waals surface area contributed by atoms with Crippen molar-refractivity contribution in [2.45, 2.75) is 135 Å². The second-order valence-corrected chi connectivity index (χ2v) is 7.89.